The molecular weight excluding hydrogens is 679 g/mol. The first-order valence-corrected chi connectivity index (χ1v) is 20.9. The van der Waals surface area contributed by atoms with Gasteiger partial charge in [0.2, 0.25) is 5.91 Å². The average Bonchev–Trinajstić information content (AvgIpc) is 3.77. The predicted octanol–water partition coefficient (Wildman–Crippen LogP) is 4.30. The van der Waals surface area contributed by atoms with Gasteiger partial charge in [0.1, 0.15) is 5.75 Å². The van der Waals surface area contributed by atoms with E-state index < -0.39 is 25.9 Å². The number of nitrogens with zero attached hydrogens (tertiary/aromatic N) is 5. The summed E-state index contributed by atoms with van der Waals surface area (Å²) in [5, 5.41) is 19.2. The summed E-state index contributed by atoms with van der Waals surface area (Å²) >= 11 is 0. The van der Waals surface area contributed by atoms with E-state index in [2.05, 4.69) is 42.5 Å². The van der Waals surface area contributed by atoms with Crippen LogP contribution in [0.25, 0.3) is 0 Å². The third-order valence-electron chi connectivity index (χ3n) is 11.1. The maximum absolute atomic E-state index is 15.1. The first-order chi connectivity index (χ1) is 25.0. The molecule has 52 heavy (non-hydrogen) atoms. The molecule has 4 aromatic rings. The number of β-lactam (4-membered cyclic amide) rings is 1. The molecule has 2 amide bonds. The first-order valence-electron chi connectivity index (χ1n) is 17.8. The number of amides is 2. The minimum absolute atomic E-state index is 0.00167. The second-order valence-corrected chi connectivity index (χ2v) is 19.2. The SMILES string of the molecule is COc1ccc([Si](C)(C)[C@H]2[C@H](CCn3cc(CCO)nn3)O[C@@]3(C(=O)N(Cc4cccc(N5C(=O)CC5OC(C)=O)c4)c4ccccc43)[C@@H]2C)cc1. The van der Waals surface area contributed by atoms with Crippen molar-refractivity contribution < 1.29 is 33.7 Å². The number of hydrogen-bond acceptors (Lipinski definition) is 9. The van der Waals surface area contributed by atoms with Gasteiger partial charge in [-0.1, -0.05) is 72.9 Å². The van der Waals surface area contributed by atoms with Crippen molar-refractivity contribution in [2.75, 3.05) is 23.5 Å². The Morgan fingerprint density at radius 2 is 1.85 bits per heavy atom. The van der Waals surface area contributed by atoms with E-state index in [9.17, 15) is 14.7 Å². The number of hydrogen-bond donors (Lipinski definition) is 1. The van der Waals surface area contributed by atoms with Crippen molar-refractivity contribution in [3.05, 3.63) is 95.8 Å². The van der Waals surface area contributed by atoms with Gasteiger partial charge in [-0.05, 0) is 47.9 Å². The van der Waals surface area contributed by atoms with Gasteiger partial charge in [0.15, 0.2) is 11.8 Å². The van der Waals surface area contributed by atoms with Crippen molar-refractivity contribution in [2.45, 2.75) is 82.8 Å². The second kappa shape index (κ2) is 13.9. The zero-order chi connectivity index (χ0) is 36.8. The van der Waals surface area contributed by atoms with E-state index in [1.807, 2.05) is 71.8 Å². The van der Waals surface area contributed by atoms with Gasteiger partial charge < -0.3 is 24.2 Å². The highest BCUT2D eigenvalue weighted by atomic mass is 28.3. The molecular formula is C39H45N5O7Si. The van der Waals surface area contributed by atoms with Crippen LogP contribution in [0, 0.1) is 5.92 Å². The molecule has 0 radical (unpaired) electrons. The molecule has 12 nitrogen and oxygen atoms in total. The summed E-state index contributed by atoms with van der Waals surface area (Å²) in [5.41, 5.74) is 2.67. The van der Waals surface area contributed by atoms with Crippen molar-refractivity contribution in [3.8, 4) is 5.75 Å². The highest BCUT2D eigenvalue weighted by Gasteiger charge is 2.66. The van der Waals surface area contributed by atoms with Gasteiger partial charge in [0.25, 0.3) is 5.91 Å². The molecule has 1 aromatic heterocycles. The number of ether oxygens (including phenoxy) is 3. The molecule has 2 fully saturated rings. The molecule has 5 atom stereocenters. The summed E-state index contributed by atoms with van der Waals surface area (Å²) in [5.74, 6) is -0.0643. The van der Waals surface area contributed by atoms with Crippen molar-refractivity contribution >= 4 is 42.4 Å². The number of carbonyl (C=O) groups excluding carboxylic acids is 3. The zero-order valence-corrected chi connectivity index (χ0v) is 31.2. The molecule has 3 aliphatic rings. The van der Waals surface area contributed by atoms with Crippen molar-refractivity contribution in [1.29, 1.82) is 0 Å². The van der Waals surface area contributed by atoms with E-state index in [0.717, 1.165) is 28.3 Å². The molecule has 0 bridgehead atoms. The number of esters is 1. The van der Waals surface area contributed by atoms with Crippen LogP contribution in [0.2, 0.25) is 18.6 Å². The number of para-hydroxylation sites is 1. The van der Waals surface area contributed by atoms with Crippen LogP contribution in [0.5, 0.6) is 5.75 Å². The standard InChI is InChI=1S/C39H45N5O7Si/c1-25-37(52(4,5)31-15-13-30(49-3)14-16-31)34(17-19-42-24-28(18-20-45)40-41-42)51-39(25)32-11-6-7-12-33(32)43(38(39)48)23-27-9-8-10-29(21-27)44-35(47)22-36(44)50-26(2)46/h6-16,21,24-25,34,36-37,45H,17-20,22-23H2,1-5H3/t25-,34+,36?,37-,39+/m1/s1. The number of methoxy groups -OCH3 is 1. The van der Waals surface area contributed by atoms with E-state index >= 15 is 4.79 Å². The summed E-state index contributed by atoms with van der Waals surface area (Å²) in [6.45, 7) is 9.02. The molecule has 2 saturated heterocycles. The van der Waals surface area contributed by atoms with Crippen LogP contribution >= 0.6 is 0 Å². The highest BCUT2D eigenvalue weighted by Crippen LogP contribution is 2.60. The van der Waals surface area contributed by atoms with E-state index in [4.69, 9.17) is 14.2 Å². The molecule has 7 rings (SSSR count). The Bertz CT molecular complexity index is 1980. The minimum Gasteiger partial charge on any atom is -0.497 e. The second-order valence-electron chi connectivity index (χ2n) is 14.5. The lowest BCUT2D eigenvalue weighted by molar-refractivity contribution is -0.154. The molecule has 0 saturated carbocycles. The molecule has 1 N–H and O–H groups in total. The fourth-order valence-corrected chi connectivity index (χ4v) is 12.7. The minimum atomic E-state index is -2.34. The quantitative estimate of drug-likeness (QED) is 0.129. The lowest BCUT2D eigenvalue weighted by atomic mass is 9.82. The Labute approximate surface area is 304 Å². The number of benzene rings is 3. The van der Waals surface area contributed by atoms with E-state index in [1.165, 1.54) is 17.0 Å². The van der Waals surface area contributed by atoms with Crippen LogP contribution < -0.4 is 19.7 Å². The van der Waals surface area contributed by atoms with Crippen LogP contribution in [0.1, 0.15) is 43.5 Å². The van der Waals surface area contributed by atoms with Crippen molar-refractivity contribution in [3.63, 3.8) is 0 Å². The van der Waals surface area contributed by atoms with Crippen LogP contribution in [0.3, 0.4) is 0 Å². The molecule has 4 heterocycles. The third-order valence-corrected chi connectivity index (χ3v) is 15.4. The van der Waals surface area contributed by atoms with Gasteiger partial charge in [0.05, 0.1) is 45.6 Å². The van der Waals surface area contributed by atoms with Crippen LogP contribution in [0.15, 0.2) is 79.0 Å². The maximum atomic E-state index is 15.1. The van der Waals surface area contributed by atoms with Crippen LogP contribution in [0.4, 0.5) is 11.4 Å². The van der Waals surface area contributed by atoms with E-state index in [0.29, 0.717) is 25.1 Å². The number of aryl methyl sites for hydroxylation is 1. The van der Waals surface area contributed by atoms with E-state index in [-0.39, 0.29) is 48.9 Å². The number of carbonyl (C=O) groups is 3. The molecule has 3 aliphatic heterocycles. The summed E-state index contributed by atoms with van der Waals surface area (Å²) in [4.78, 5) is 42.7. The van der Waals surface area contributed by atoms with Gasteiger partial charge in [-0.15, -0.1) is 5.10 Å². The monoisotopic (exact) mass is 723 g/mol. The molecule has 13 heteroatoms. The average molecular weight is 724 g/mol. The van der Waals surface area contributed by atoms with E-state index in [1.54, 1.807) is 11.8 Å². The lowest BCUT2D eigenvalue weighted by Gasteiger charge is -2.39. The summed E-state index contributed by atoms with van der Waals surface area (Å²) < 4.78 is 19.9. The Morgan fingerprint density at radius 1 is 1.08 bits per heavy atom. The van der Waals surface area contributed by atoms with Gasteiger partial charge in [0, 0.05) is 49.9 Å². The smallest absolute Gasteiger partial charge is 0.304 e. The number of aliphatic hydroxyl groups excluding tert-OH is 1. The maximum Gasteiger partial charge on any atom is 0.304 e. The number of anilines is 2. The number of aromatic nitrogens is 3. The van der Waals surface area contributed by atoms with Gasteiger partial charge in [-0.2, -0.15) is 0 Å². The fraction of sp³-hybridized carbons (Fsp3) is 0.410. The summed E-state index contributed by atoms with van der Waals surface area (Å²) in [6.07, 6.45) is 2.15. The topological polar surface area (TPSA) is 136 Å². The lowest BCUT2D eigenvalue weighted by Crippen LogP contribution is -2.54. The first kappa shape index (κ1) is 35.5. The van der Waals surface area contributed by atoms with Gasteiger partial charge in [-0.25, -0.2) is 0 Å². The molecule has 3 aromatic carbocycles. The highest BCUT2D eigenvalue weighted by molar-refractivity contribution is 6.91. The van der Waals surface area contributed by atoms with Gasteiger partial charge >= 0.3 is 5.97 Å². The van der Waals surface area contributed by atoms with Gasteiger partial charge in [-0.3, -0.25) is 24.0 Å². The predicted molar refractivity (Wildman–Crippen MR) is 197 cm³/mol. The normalized spacial score (nSPS) is 24.0. The fourth-order valence-electron chi connectivity index (χ4n) is 8.60. The number of rotatable bonds is 12. The molecule has 272 valence electrons. The molecule has 0 aliphatic carbocycles. The third kappa shape index (κ3) is 6.10. The Balaban J connectivity index is 1.23. The Kier molecular flexibility index (Phi) is 9.53. The largest absolute Gasteiger partial charge is 0.497 e. The zero-order valence-electron chi connectivity index (χ0n) is 30.2. The number of aliphatic hydroxyl groups is 1. The Hall–Kier alpha value is -4.85. The van der Waals surface area contributed by atoms with Crippen molar-refractivity contribution in [2.24, 2.45) is 5.92 Å². The number of fused-ring (bicyclic) bond motifs is 2. The van der Waals surface area contributed by atoms with Crippen LogP contribution in [-0.4, -0.2) is 72.0 Å². The van der Waals surface area contributed by atoms with Crippen LogP contribution in [-0.2, 0) is 49.0 Å². The summed E-state index contributed by atoms with van der Waals surface area (Å²) in [7, 11) is -0.678. The Morgan fingerprint density at radius 3 is 2.56 bits per heavy atom. The van der Waals surface area contributed by atoms with Crippen molar-refractivity contribution in [1.82, 2.24) is 15.0 Å². The summed E-state index contributed by atoms with van der Waals surface area (Å²) in [6, 6.07) is 23.7. The molecule has 1 spiro atoms. The molecule has 1 unspecified atom stereocenters.